The number of amides is 1. The normalized spacial score (nSPS) is 12.0. The lowest BCUT2D eigenvalue weighted by atomic mass is 10.1. The molecule has 1 unspecified atom stereocenters. The van der Waals surface area contributed by atoms with Gasteiger partial charge in [0.05, 0.1) is 22.4 Å². The zero-order valence-electron chi connectivity index (χ0n) is 14.7. The van der Waals surface area contributed by atoms with E-state index in [0.717, 1.165) is 22.6 Å². The Bertz CT molecular complexity index is 756. The topological polar surface area (TPSA) is 89.5 Å². The van der Waals surface area contributed by atoms with Crippen molar-refractivity contribution < 1.29 is 14.2 Å². The molecule has 8 heteroatoms. The zero-order chi connectivity index (χ0) is 18.6. The lowest BCUT2D eigenvalue weighted by Crippen LogP contribution is -2.31. The van der Waals surface area contributed by atoms with Crippen LogP contribution in [0.1, 0.15) is 35.5 Å². The van der Waals surface area contributed by atoms with Gasteiger partial charge < -0.3 is 9.42 Å². The van der Waals surface area contributed by atoms with Crippen LogP contribution >= 0.6 is 11.8 Å². The summed E-state index contributed by atoms with van der Waals surface area (Å²) in [6, 6.07) is 6.13. The van der Waals surface area contributed by atoms with Gasteiger partial charge in [-0.05, 0) is 26.3 Å². The third kappa shape index (κ3) is 4.60. The predicted octanol–water partition coefficient (Wildman–Crippen LogP) is 3.65. The third-order valence-corrected chi connectivity index (χ3v) is 5.13. The second kappa shape index (κ2) is 8.15. The molecule has 1 amide bonds. The van der Waals surface area contributed by atoms with E-state index < -0.39 is 4.92 Å². The van der Waals surface area contributed by atoms with E-state index >= 15 is 0 Å². The SMILES string of the molecule is Cc1noc(C)c1CSCC(=O)N(C)C(C)c1cccc([N+](=O)[O-])c1. The molecular weight excluding hydrogens is 342 g/mol. The van der Waals surface area contributed by atoms with Gasteiger partial charge in [-0.15, -0.1) is 11.8 Å². The molecule has 2 aromatic rings. The molecule has 0 aliphatic rings. The van der Waals surface area contributed by atoms with Crippen molar-refractivity contribution in [2.45, 2.75) is 32.6 Å². The average molecular weight is 363 g/mol. The van der Waals surface area contributed by atoms with E-state index in [1.54, 1.807) is 24.1 Å². The second-order valence-corrected chi connectivity index (χ2v) is 6.81. The van der Waals surface area contributed by atoms with E-state index in [2.05, 4.69) is 5.16 Å². The molecule has 0 aliphatic heterocycles. The number of carbonyl (C=O) groups excluding carboxylic acids is 1. The number of nitrogens with zero attached hydrogens (tertiary/aromatic N) is 3. The first-order valence-electron chi connectivity index (χ1n) is 7.80. The van der Waals surface area contributed by atoms with Crippen LogP contribution in [0.4, 0.5) is 5.69 Å². The molecule has 0 N–H and O–H groups in total. The number of hydrogen-bond donors (Lipinski definition) is 0. The fourth-order valence-electron chi connectivity index (χ4n) is 2.39. The van der Waals surface area contributed by atoms with Gasteiger partial charge >= 0.3 is 0 Å². The predicted molar refractivity (Wildman–Crippen MR) is 96.4 cm³/mol. The number of benzene rings is 1. The minimum Gasteiger partial charge on any atom is -0.361 e. The molecule has 7 nitrogen and oxygen atoms in total. The molecule has 25 heavy (non-hydrogen) atoms. The summed E-state index contributed by atoms with van der Waals surface area (Å²) in [5, 5.41) is 14.8. The molecule has 1 atom stereocenters. The first kappa shape index (κ1) is 19.0. The molecule has 1 aromatic carbocycles. The van der Waals surface area contributed by atoms with Gasteiger partial charge in [0, 0.05) is 30.5 Å². The number of aromatic nitrogens is 1. The van der Waals surface area contributed by atoms with Gasteiger partial charge in [-0.25, -0.2) is 0 Å². The molecule has 134 valence electrons. The van der Waals surface area contributed by atoms with Crippen molar-refractivity contribution in [2.75, 3.05) is 12.8 Å². The van der Waals surface area contributed by atoms with Gasteiger partial charge in [-0.3, -0.25) is 14.9 Å². The third-order valence-electron chi connectivity index (χ3n) is 4.19. The highest BCUT2D eigenvalue weighted by atomic mass is 32.2. The highest BCUT2D eigenvalue weighted by Crippen LogP contribution is 2.24. The Hall–Kier alpha value is -2.35. The highest BCUT2D eigenvalue weighted by Gasteiger charge is 2.19. The van der Waals surface area contributed by atoms with Crippen molar-refractivity contribution in [1.29, 1.82) is 0 Å². The fraction of sp³-hybridized carbons (Fsp3) is 0.412. The van der Waals surface area contributed by atoms with Crippen LogP contribution in [0.15, 0.2) is 28.8 Å². The standard InChI is InChI=1S/C17H21N3O4S/c1-11-16(13(3)24-18-11)9-25-10-17(21)19(4)12(2)14-6-5-7-15(8-14)20(22)23/h5-8,12H,9-10H2,1-4H3. The molecule has 0 bridgehead atoms. The van der Waals surface area contributed by atoms with Gasteiger partial charge in [-0.1, -0.05) is 17.3 Å². The number of carbonyl (C=O) groups is 1. The Labute approximate surface area is 150 Å². The van der Waals surface area contributed by atoms with Crippen LogP contribution in [0.3, 0.4) is 0 Å². The smallest absolute Gasteiger partial charge is 0.269 e. The maximum atomic E-state index is 12.4. The summed E-state index contributed by atoms with van der Waals surface area (Å²) < 4.78 is 5.11. The Kier molecular flexibility index (Phi) is 6.19. The minimum absolute atomic E-state index is 0.0259. The van der Waals surface area contributed by atoms with Crippen LogP contribution in [-0.4, -0.2) is 33.7 Å². The van der Waals surface area contributed by atoms with Crippen molar-refractivity contribution >= 4 is 23.4 Å². The van der Waals surface area contributed by atoms with Crippen molar-refractivity contribution in [3.8, 4) is 0 Å². The maximum Gasteiger partial charge on any atom is 0.269 e. The number of nitro groups is 1. The highest BCUT2D eigenvalue weighted by molar-refractivity contribution is 7.99. The molecule has 0 radical (unpaired) electrons. The van der Waals surface area contributed by atoms with Gasteiger partial charge in [0.15, 0.2) is 0 Å². The van der Waals surface area contributed by atoms with Crippen LogP contribution in [0.5, 0.6) is 0 Å². The van der Waals surface area contributed by atoms with E-state index in [0.29, 0.717) is 11.5 Å². The number of thioether (sulfide) groups is 1. The molecule has 1 aromatic heterocycles. The summed E-state index contributed by atoms with van der Waals surface area (Å²) in [5.74, 6) is 1.72. The van der Waals surface area contributed by atoms with E-state index in [1.165, 1.54) is 23.9 Å². The van der Waals surface area contributed by atoms with Gasteiger partial charge in [0.2, 0.25) is 5.91 Å². The summed E-state index contributed by atoms with van der Waals surface area (Å²) in [6.07, 6.45) is 0. The van der Waals surface area contributed by atoms with Crippen molar-refractivity contribution in [1.82, 2.24) is 10.1 Å². The molecule has 1 heterocycles. The molecule has 0 aliphatic carbocycles. The lowest BCUT2D eigenvalue weighted by Gasteiger charge is -2.25. The maximum absolute atomic E-state index is 12.4. The lowest BCUT2D eigenvalue weighted by molar-refractivity contribution is -0.384. The van der Waals surface area contributed by atoms with Crippen LogP contribution in [0.25, 0.3) is 0 Å². The number of nitro benzene ring substituents is 1. The fourth-order valence-corrected chi connectivity index (χ4v) is 3.48. The van der Waals surface area contributed by atoms with Gasteiger partial charge in [0.1, 0.15) is 5.76 Å². The van der Waals surface area contributed by atoms with Crippen LogP contribution in [0.2, 0.25) is 0 Å². The van der Waals surface area contributed by atoms with E-state index in [-0.39, 0.29) is 17.6 Å². The Morgan fingerprint density at radius 1 is 1.44 bits per heavy atom. The number of non-ortho nitro benzene ring substituents is 1. The van der Waals surface area contributed by atoms with Crippen LogP contribution < -0.4 is 0 Å². The van der Waals surface area contributed by atoms with E-state index in [1.807, 2.05) is 20.8 Å². The molecule has 0 fully saturated rings. The molecule has 0 spiro atoms. The zero-order valence-corrected chi connectivity index (χ0v) is 15.5. The quantitative estimate of drug-likeness (QED) is 0.551. The molecular formula is C17H21N3O4S. The number of aryl methyl sites for hydroxylation is 2. The second-order valence-electron chi connectivity index (χ2n) is 5.83. The van der Waals surface area contributed by atoms with Crippen LogP contribution in [0, 0.1) is 24.0 Å². The molecule has 0 saturated carbocycles. The van der Waals surface area contributed by atoms with Gasteiger partial charge in [-0.2, -0.15) is 0 Å². The Balaban J connectivity index is 1.95. The summed E-state index contributed by atoms with van der Waals surface area (Å²) in [5.41, 5.74) is 2.63. The van der Waals surface area contributed by atoms with Crippen molar-refractivity contribution in [3.63, 3.8) is 0 Å². The number of rotatable bonds is 7. The average Bonchev–Trinajstić information content (AvgIpc) is 2.92. The van der Waals surface area contributed by atoms with Crippen molar-refractivity contribution in [2.24, 2.45) is 0 Å². The molecule has 0 saturated heterocycles. The first-order chi connectivity index (χ1) is 11.8. The van der Waals surface area contributed by atoms with Crippen LogP contribution in [-0.2, 0) is 10.5 Å². The Morgan fingerprint density at radius 2 is 2.16 bits per heavy atom. The van der Waals surface area contributed by atoms with Crippen molar-refractivity contribution in [3.05, 3.63) is 57.0 Å². The monoisotopic (exact) mass is 363 g/mol. The number of hydrogen-bond acceptors (Lipinski definition) is 6. The van der Waals surface area contributed by atoms with E-state index in [4.69, 9.17) is 4.52 Å². The summed E-state index contributed by atoms with van der Waals surface area (Å²) >= 11 is 1.50. The largest absolute Gasteiger partial charge is 0.361 e. The van der Waals surface area contributed by atoms with E-state index in [9.17, 15) is 14.9 Å². The first-order valence-corrected chi connectivity index (χ1v) is 8.96. The Morgan fingerprint density at radius 3 is 2.76 bits per heavy atom. The summed E-state index contributed by atoms with van der Waals surface area (Å²) in [7, 11) is 1.71. The summed E-state index contributed by atoms with van der Waals surface area (Å²) in [6.45, 7) is 5.59. The summed E-state index contributed by atoms with van der Waals surface area (Å²) in [4.78, 5) is 24.5. The van der Waals surface area contributed by atoms with Gasteiger partial charge in [0.25, 0.3) is 5.69 Å². The minimum atomic E-state index is -0.433. The molecule has 2 rings (SSSR count).